The van der Waals surface area contributed by atoms with E-state index in [2.05, 4.69) is 6.92 Å². The zero-order valence-electron chi connectivity index (χ0n) is 9.97. The highest BCUT2D eigenvalue weighted by Gasteiger charge is 2.29. The molecule has 0 radical (unpaired) electrons. The molecule has 0 aliphatic rings. The van der Waals surface area contributed by atoms with Crippen molar-refractivity contribution in [3.05, 3.63) is 0 Å². The molecule has 14 heavy (non-hydrogen) atoms. The molecular formula is C11H24N2O. The highest BCUT2D eigenvalue weighted by molar-refractivity contribution is 5.85. The Balaban J connectivity index is 4.30. The maximum Gasteiger partial charge on any atom is 0.242 e. The smallest absolute Gasteiger partial charge is 0.242 e. The van der Waals surface area contributed by atoms with E-state index in [1.165, 1.54) is 0 Å². The second-order valence-corrected chi connectivity index (χ2v) is 4.01. The number of likely N-dealkylation sites (N-methyl/N-ethyl adjacent to an activating group) is 1. The van der Waals surface area contributed by atoms with Crippen molar-refractivity contribution in [2.75, 3.05) is 13.1 Å². The molecule has 0 aromatic heterocycles. The molecule has 0 aliphatic carbocycles. The number of carbonyl (C=O) groups excluding carboxylic acids is 1. The van der Waals surface area contributed by atoms with Crippen LogP contribution in [0.2, 0.25) is 0 Å². The molecule has 1 amide bonds. The van der Waals surface area contributed by atoms with Crippen molar-refractivity contribution in [2.24, 2.45) is 5.73 Å². The van der Waals surface area contributed by atoms with Crippen molar-refractivity contribution < 1.29 is 4.79 Å². The van der Waals surface area contributed by atoms with Crippen LogP contribution in [0, 0.1) is 0 Å². The van der Waals surface area contributed by atoms with Crippen LogP contribution in [0.3, 0.4) is 0 Å². The fourth-order valence-electron chi connectivity index (χ4n) is 1.26. The van der Waals surface area contributed by atoms with E-state index < -0.39 is 5.54 Å². The lowest BCUT2D eigenvalue weighted by Gasteiger charge is -2.30. The lowest BCUT2D eigenvalue weighted by molar-refractivity contribution is -0.136. The van der Waals surface area contributed by atoms with E-state index in [0.717, 1.165) is 25.9 Å². The van der Waals surface area contributed by atoms with Gasteiger partial charge in [0.2, 0.25) is 5.91 Å². The molecule has 0 aromatic rings. The molecule has 3 nitrogen and oxygen atoms in total. The van der Waals surface area contributed by atoms with Gasteiger partial charge < -0.3 is 10.6 Å². The molecule has 0 saturated carbocycles. The van der Waals surface area contributed by atoms with E-state index in [1.54, 1.807) is 0 Å². The molecule has 2 N–H and O–H groups in total. The zero-order valence-corrected chi connectivity index (χ0v) is 9.97. The SMILES string of the molecule is CCCCN(CC)C(=O)C(C)(N)CC. The summed E-state index contributed by atoms with van der Waals surface area (Å²) in [5.74, 6) is 0.0796. The maximum absolute atomic E-state index is 11.9. The Labute approximate surface area is 87.6 Å². The van der Waals surface area contributed by atoms with Gasteiger partial charge in [-0.05, 0) is 26.7 Å². The third kappa shape index (κ3) is 3.66. The van der Waals surface area contributed by atoms with Crippen LogP contribution in [0.5, 0.6) is 0 Å². The number of nitrogens with zero attached hydrogens (tertiary/aromatic N) is 1. The number of rotatable bonds is 6. The summed E-state index contributed by atoms with van der Waals surface area (Å²) in [7, 11) is 0. The van der Waals surface area contributed by atoms with Gasteiger partial charge >= 0.3 is 0 Å². The van der Waals surface area contributed by atoms with Gasteiger partial charge in [0, 0.05) is 13.1 Å². The van der Waals surface area contributed by atoms with Crippen molar-refractivity contribution in [1.29, 1.82) is 0 Å². The minimum Gasteiger partial charge on any atom is -0.341 e. The summed E-state index contributed by atoms with van der Waals surface area (Å²) in [5.41, 5.74) is 5.23. The van der Waals surface area contributed by atoms with Crippen molar-refractivity contribution >= 4 is 5.91 Å². The summed E-state index contributed by atoms with van der Waals surface area (Å²) < 4.78 is 0. The molecule has 0 aromatic carbocycles. The number of hydrogen-bond donors (Lipinski definition) is 1. The quantitative estimate of drug-likeness (QED) is 0.710. The van der Waals surface area contributed by atoms with Crippen molar-refractivity contribution in [2.45, 2.75) is 52.5 Å². The number of nitrogens with two attached hydrogens (primary N) is 1. The van der Waals surface area contributed by atoms with E-state index in [0.29, 0.717) is 6.42 Å². The van der Waals surface area contributed by atoms with E-state index in [-0.39, 0.29) is 5.91 Å². The van der Waals surface area contributed by atoms with E-state index >= 15 is 0 Å². The molecule has 84 valence electrons. The molecule has 1 unspecified atom stereocenters. The van der Waals surface area contributed by atoms with Crippen LogP contribution in [0.15, 0.2) is 0 Å². The molecule has 0 saturated heterocycles. The maximum atomic E-state index is 11.9. The summed E-state index contributed by atoms with van der Waals surface area (Å²) in [6, 6.07) is 0. The first-order chi connectivity index (χ1) is 6.49. The van der Waals surface area contributed by atoms with E-state index in [9.17, 15) is 4.79 Å². The highest BCUT2D eigenvalue weighted by Crippen LogP contribution is 2.10. The molecule has 0 fully saturated rings. The predicted octanol–water partition coefficient (Wildman–Crippen LogP) is 1.76. The Hall–Kier alpha value is -0.570. The fourth-order valence-corrected chi connectivity index (χ4v) is 1.26. The van der Waals surface area contributed by atoms with Crippen LogP contribution in [0.25, 0.3) is 0 Å². The Kier molecular flexibility index (Phi) is 5.77. The second kappa shape index (κ2) is 6.02. The number of carbonyl (C=O) groups is 1. The first-order valence-corrected chi connectivity index (χ1v) is 5.57. The van der Waals surface area contributed by atoms with Crippen LogP contribution in [0.4, 0.5) is 0 Å². The van der Waals surface area contributed by atoms with Gasteiger partial charge in [-0.2, -0.15) is 0 Å². The van der Waals surface area contributed by atoms with Crippen molar-refractivity contribution in [3.8, 4) is 0 Å². The standard InChI is InChI=1S/C11H24N2O/c1-5-8-9-13(7-3)10(14)11(4,12)6-2/h5-9,12H2,1-4H3. The summed E-state index contributed by atoms with van der Waals surface area (Å²) in [6.45, 7) is 9.47. The average molecular weight is 200 g/mol. The Morgan fingerprint density at radius 2 is 1.93 bits per heavy atom. The normalized spacial score (nSPS) is 14.9. The van der Waals surface area contributed by atoms with Gasteiger partial charge in [0.15, 0.2) is 0 Å². The number of hydrogen-bond acceptors (Lipinski definition) is 2. The van der Waals surface area contributed by atoms with Crippen LogP contribution < -0.4 is 5.73 Å². The molecule has 0 bridgehead atoms. The fraction of sp³-hybridized carbons (Fsp3) is 0.909. The van der Waals surface area contributed by atoms with E-state index in [1.807, 2.05) is 25.7 Å². The lowest BCUT2D eigenvalue weighted by Crippen LogP contribution is -2.53. The molecule has 0 rings (SSSR count). The zero-order chi connectivity index (χ0) is 11.2. The second-order valence-electron chi connectivity index (χ2n) is 4.01. The summed E-state index contributed by atoms with van der Waals surface area (Å²) in [5, 5.41) is 0. The Bertz CT molecular complexity index is 178. The van der Waals surface area contributed by atoms with Gasteiger partial charge in [0.05, 0.1) is 5.54 Å². The topological polar surface area (TPSA) is 46.3 Å². The third-order valence-electron chi connectivity index (χ3n) is 2.67. The first kappa shape index (κ1) is 13.4. The molecule has 0 spiro atoms. The minimum absolute atomic E-state index is 0.0796. The third-order valence-corrected chi connectivity index (χ3v) is 2.67. The molecule has 0 aliphatic heterocycles. The van der Waals surface area contributed by atoms with E-state index in [4.69, 9.17) is 5.73 Å². The molecular weight excluding hydrogens is 176 g/mol. The van der Waals surface area contributed by atoms with Gasteiger partial charge in [-0.15, -0.1) is 0 Å². The van der Waals surface area contributed by atoms with Crippen molar-refractivity contribution in [3.63, 3.8) is 0 Å². The molecule has 0 heterocycles. The summed E-state index contributed by atoms with van der Waals surface area (Å²) >= 11 is 0. The van der Waals surface area contributed by atoms with Crippen LogP contribution in [0.1, 0.15) is 47.0 Å². The number of amides is 1. The van der Waals surface area contributed by atoms with Gasteiger partial charge in [-0.25, -0.2) is 0 Å². The van der Waals surface area contributed by atoms with Crippen LogP contribution in [-0.2, 0) is 4.79 Å². The largest absolute Gasteiger partial charge is 0.341 e. The number of unbranched alkanes of at least 4 members (excludes halogenated alkanes) is 1. The molecule has 3 heteroatoms. The monoisotopic (exact) mass is 200 g/mol. The first-order valence-electron chi connectivity index (χ1n) is 5.57. The molecule has 1 atom stereocenters. The van der Waals surface area contributed by atoms with Crippen molar-refractivity contribution in [1.82, 2.24) is 4.90 Å². The van der Waals surface area contributed by atoms with Gasteiger partial charge in [0.25, 0.3) is 0 Å². The minimum atomic E-state index is -0.691. The lowest BCUT2D eigenvalue weighted by atomic mass is 9.98. The van der Waals surface area contributed by atoms with Crippen LogP contribution >= 0.6 is 0 Å². The van der Waals surface area contributed by atoms with Gasteiger partial charge in [-0.1, -0.05) is 20.3 Å². The van der Waals surface area contributed by atoms with Gasteiger partial charge in [0.1, 0.15) is 0 Å². The predicted molar refractivity (Wildman–Crippen MR) is 60.0 cm³/mol. The highest BCUT2D eigenvalue weighted by atomic mass is 16.2. The Morgan fingerprint density at radius 3 is 2.29 bits per heavy atom. The summed E-state index contributed by atoms with van der Waals surface area (Å²) in [4.78, 5) is 13.8. The average Bonchev–Trinajstić information content (AvgIpc) is 2.18. The summed E-state index contributed by atoms with van der Waals surface area (Å²) in [6.07, 6.45) is 2.85. The van der Waals surface area contributed by atoms with Crippen LogP contribution in [-0.4, -0.2) is 29.4 Å². The van der Waals surface area contributed by atoms with Gasteiger partial charge in [-0.3, -0.25) is 4.79 Å². The Morgan fingerprint density at radius 1 is 1.36 bits per heavy atom.